The van der Waals surface area contributed by atoms with Gasteiger partial charge in [-0.25, -0.2) is 0 Å². The first kappa shape index (κ1) is 16.2. The molecule has 0 radical (unpaired) electrons. The highest BCUT2D eigenvalue weighted by Gasteiger charge is 2.34. The molecule has 2 aromatic rings. The van der Waals surface area contributed by atoms with Gasteiger partial charge in [0.05, 0.1) is 5.92 Å². The molecule has 124 valence electrons. The molecular weight excluding hydrogens is 300 g/mol. The van der Waals surface area contributed by atoms with Crippen LogP contribution in [0.4, 0.5) is 5.69 Å². The lowest BCUT2D eigenvalue weighted by Gasteiger charge is -2.17. The lowest BCUT2D eigenvalue weighted by molar-refractivity contribution is -0.126. The molecule has 24 heavy (non-hydrogen) atoms. The zero-order valence-electron chi connectivity index (χ0n) is 13.8. The molecule has 4 nitrogen and oxygen atoms in total. The van der Waals surface area contributed by atoms with Gasteiger partial charge in [-0.15, -0.1) is 0 Å². The second-order valence-electron chi connectivity index (χ2n) is 6.30. The summed E-state index contributed by atoms with van der Waals surface area (Å²) in [6.45, 7) is 3.12. The number of nitrogens with one attached hydrogen (secondary N) is 1. The van der Waals surface area contributed by atoms with E-state index in [1.807, 2.05) is 48.5 Å². The van der Waals surface area contributed by atoms with Gasteiger partial charge in [-0.05, 0) is 23.6 Å². The molecule has 1 aliphatic rings. The molecule has 4 heteroatoms. The van der Waals surface area contributed by atoms with Crippen LogP contribution < -0.4 is 10.2 Å². The number of para-hydroxylation sites is 1. The van der Waals surface area contributed by atoms with Crippen LogP contribution in [0.25, 0.3) is 0 Å². The summed E-state index contributed by atoms with van der Waals surface area (Å²) in [7, 11) is 0. The molecule has 1 fully saturated rings. The quantitative estimate of drug-likeness (QED) is 0.920. The molecule has 0 spiro atoms. The molecule has 2 atom stereocenters. The highest BCUT2D eigenvalue weighted by atomic mass is 16.2. The zero-order valence-corrected chi connectivity index (χ0v) is 13.8. The molecule has 2 amide bonds. The summed E-state index contributed by atoms with van der Waals surface area (Å²) in [6, 6.07) is 19.6. The van der Waals surface area contributed by atoms with Crippen molar-refractivity contribution in [1.82, 2.24) is 5.32 Å². The van der Waals surface area contributed by atoms with E-state index in [2.05, 4.69) is 24.4 Å². The van der Waals surface area contributed by atoms with Crippen LogP contribution in [0.15, 0.2) is 60.7 Å². The van der Waals surface area contributed by atoms with Gasteiger partial charge in [-0.3, -0.25) is 9.59 Å². The Morgan fingerprint density at radius 2 is 1.75 bits per heavy atom. The molecule has 1 aliphatic heterocycles. The van der Waals surface area contributed by atoms with Gasteiger partial charge in [-0.1, -0.05) is 55.5 Å². The average Bonchev–Trinajstić information content (AvgIpc) is 3.02. The first-order chi connectivity index (χ1) is 11.6. The van der Waals surface area contributed by atoms with Crippen LogP contribution in [0.3, 0.4) is 0 Å². The van der Waals surface area contributed by atoms with Crippen molar-refractivity contribution < 1.29 is 9.59 Å². The number of hydrogen-bond acceptors (Lipinski definition) is 2. The van der Waals surface area contributed by atoms with E-state index in [0.29, 0.717) is 13.1 Å². The number of nitrogens with zero attached hydrogens (tertiary/aromatic N) is 1. The second-order valence-corrected chi connectivity index (χ2v) is 6.30. The Kier molecular flexibility index (Phi) is 4.94. The fourth-order valence-electron chi connectivity index (χ4n) is 3.04. The molecule has 0 aliphatic carbocycles. The lowest BCUT2D eigenvalue weighted by atomic mass is 10.0. The Morgan fingerprint density at radius 1 is 1.12 bits per heavy atom. The Labute approximate surface area is 142 Å². The van der Waals surface area contributed by atoms with Crippen LogP contribution in [-0.4, -0.2) is 24.9 Å². The SMILES string of the molecule is C[C@H](CNC(=O)[C@@H]1CC(=O)N(c2ccccc2)C1)c1ccccc1. The summed E-state index contributed by atoms with van der Waals surface area (Å²) in [6.07, 6.45) is 0.278. The third-order valence-corrected chi connectivity index (χ3v) is 4.51. The summed E-state index contributed by atoms with van der Waals surface area (Å²) in [5.41, 5.74) is 2.06. The maximum absolute atomic E-state index is 12.4. The predicted octanol–water partition coefficient (Wildman–Crippen LogP) is 2.96. The number of rotatable bonds is 5. The summed E-state index contributed by atoms with van der Waals surface area (Å²) < 4.78 is 0. The number of benzene rings is 2. The van der Waals surface area contributed by atoms with Crippen molar-refractivity contribution in [3.8, 4) is 0 Å². The fraction of sp³-hybridized carbons (Fsp3) is 0.300. The fourth-order valence-corrected chi connectivity index (χ4v) is 3.04. The summed E-state index contributed by atoms with van der Waals surface area (Å²) in [4.78, 5) is 26.3. The third kappa shape index (κ3) is 3.65. The average molecular weight is 322 g/mol. The van der Waals surface area contributed by atoms with Gasteiger partial charge in [-0.2, -0.15) is 0 Å². The molecule has 1 N–H and O–H groups in total. The van der Waals surface area contributed by atoms with Gasteiger partial charge in [0.1, 0.15) is 0 Å². The van der Waals surface area contributed by atoms with Gasteiger partial charge in [0.15, 0.2) is 0 Å². The van der Waals surface area contributed by atoms with E-state index in [1.54, 1.807) is 4.90 Å². The van der Waals surface area contributed by atoms with E-state index in [-0.39, 0.29) is 30.1 Å². The predicted molar refractivity (Wildman–Crippen MR) is 94.8 cm³/mol. The van der Waals surface area contributed by atoms with Crippen LogP contribution in [0.2, 0.25) is 0 Å². The van der Waals surface area contributed by atoms with E-state index >= 15 is 0 Å². The van der Waals surface area contributed by atoms with E-state index in [4.69, 9.17) is 0 Å². The Morgan fingerprint density at radius 3 is 2.42 bits per heavy atom. The molecule has 1 saturated heterocycles. The molecule has 3 rings (SSSR count). The summed E-state index contributed by atoms with van der Waals surface area (Å²) in [5.74, 6) is -0.0554. The van der Waals surface area contributed by atoms with Crippen LogP contribution in [0.1, 0.15) is 24.8 Å². The second kappa shape index (κ2) is 7.30. The van der Waals surface area contributed by atoms with Crippen molar-refractivity contribution in [1.29, 1.82) is 0 Å². The van der Waals surface area contributed by atoms with E-state index in [0.717, 1.165) is 5.69 Å². The number of amides is 2. The Balaban J connectivity index is 1.56. The van der Waals surface area contributed by atoms with E-state index in [9.17, 15) is 9.59 Å². The van der Waals surface area contributed by atoms with E-state index in [1.165, 1.54) is 5.56 Å². The number of carbonyl (C=O) groups excluding carboxylic acids is 2. The van der Waals surface area contributed by atoms with Gasteiger partial charge in [0.2, 0.25) is 11.8 Å². The van der Waals surface area contributed by atoms with Gasteiger partial charge >= 0.3 is 0 Å². The maximum Gasteiger partial charge on any atom is 0.227 e. The van der Waals surface area contributed by atoms with Crippen LogP contribution >= 0.6 is 0 Å². The standard InChI is InChI=1S/C20H22N2O2/c1-15(16-8-4-2-5-9-16)13-21-20(24)17-12-19(23)22(14-17)18-10-6-3-7-11-18/h2-11,15,17H,12-14H2,1H3,(H,21,24)/t15-,17-/m1/s1. The molecule has 1 heterocycles. The number of hydrogen-bond donors (Lipinski definition) is 1. The number of carbonyl (C=O) groups is 2. The van der Waals surface area contributed by atoms with Crippen molar-refractivity contribution >= 4 is 17.5 Å². The Bertz CT molecular complexity index is 700. The highest BCUT2D eigenvalue weighted by molar-refractivity contribution is 6.00. The number of anilines is 1. The normalized spacial score (nSPS) is 18.5. The first-order valence-electron chi connectivity index (χ1n) is 8.33. The van der Waals surface area contributed by atoms with Crippen molar-refractivity contribution in [3.05, 3.63) is 66.2 Å². The molecule has 2 aromatic carbocycles. The smallest absolute Gasteiger partial charge is 0.227 e. The lowest BCUT2D eigenvalue weighted by Crippen LogP contribution is -2.35. The summed E-state index contributed by atoms with van der Waals surface area (Å²) in [5, 5.41) is 3.00. The van der Waals surface area contributed by atoms with Gasteiger partial charge in [0, 0.05) is 25.2 Å². The van der Waals surface area contributed by atoms with Crippen LogP contribution in [0.5, 0.6) is 0 Å². The van der Waals surface area contributed by atoms with E-state index < -0.39 is 0 Å². The largest absolute Gasteiger partial charge is 0.355 e. The van der Waals surface area contributed by atoms with Crippen LogP contribution in [0, 0.1) is 5.92 Å². The monoisotopic (exact) mass is 322 g/mol. The van der Waals surface area contributed by atoms with Crippen molar-refractivity contribution in [3.63, 3.8) is 0 Å². The van der Waals surface area contributed by atoms with Gasteiger partial charge in [0.25, 0.3) is 0 Å². The Hall–Kier alpha value is -2.62. The zero-order chi connectivity index (χ0) is 16.9. The van der Waals surface area contributed by atoms with Crippen molar-refractivity contribution in [2.45, 2.75) is 19.3 Å². The maximum atomic E-state index is 12.4. The molecule has 0 unspecified atom stereocenters. The minimum Gasteiger partial charge on any atom is -0.355 e. The van der Waals surface area contributed by atoms with Crippen LogP contribution in [-0.2, 0) is 9.59 Å². The third-order valence-electron chi connectivity index (χ3n) is 4.51. The molecule has 0 bridgehead atoms. The van der Waals surface area contributed by atoms with Crippen molar-refractivity contribution in [2.75, 3.05) is 18.0 Å². The highest BCUT2D eigenvalue weighted by Crippen LogP contribution is 2.25. The minimum atomic E-state index is -0.277. The topological polar surface area (TPSA) is 49.4 Å². The van der Waals surface area contributed by atoms with Crippen molar-refractivity contribution in [2.24, 2.45) is 5.92 Å². The minimum absolute atomic E-state index is 0.0115. The van der Waals surface area contributed by atoms with Gasteiger partial charge < -0.3 is 10.2 Å². The molecule has 0 aromatic heterocycles. The molecule has 0 saturated carbocycles. The summed E-state index contributed by atoms with van der Waals surface area (Å²) >= 11 is 0. The molecular formula is C20H22N2O2. The first-order valence-corrected chi connectivity index (χ1v) is 8.33.